The normalized spacial score (nSPS) is 20.0. The number of halogens is 1. The average molecular weight is 532 g/mol. The van der Waals surface area contributed by atoms with Gasteiger partial charge in [0.2, 0.25) is 5.95 Å². The van der Waals surface area contributed by atoms with Gasteiger partial charge in [-0.25, -0.2) is 4.98 Å². The molecular formula is C25H35BrN6S. The molecule has 0 unspecified atom stereocenters. The topological polar surface area (TPSA) is 65.1 Å². The molecule has 1 aromatic heterocycles. The standard InChI is InChI=1S/C25H35BrN6S/c1-15-13-17(26)14-16(2)22(15)30-25(33)28-19-11-9-18(10-12-19)27-24-29-21-8-6-5-7-20(21)23(31-24)32(3)4/h13-14,18-19H,5-12H2,1-4H3,(H,27,29,31)(H2,28,30,33). The van der Waals surface area contributed by atoms with Crippen molar-refractivity contribution >= 4 is 50.7 Å². The van der Waals surface area contributed by atoms with Crippen LogP contribution < -0.4 is 20.9 Å². The monoisotopic (exact) mass is 530 g/mol. The van der Waals surface area contributed by atoms with E-state index in [0.29, 0.717) is 17.2 Å². The van der Waals surface area contributed by atoms with Crippen LogP contribution in [-0.4, -0.2) is 41.3 Å². The summed E-state index contributed by atoms with van der Waals surface area (Å²) >= 11 is 9.18. The van der Waals surface area contributed by atoms with Crippen molar-refractivity contribution in [1.82, 2.24) is 15.3 Å². The number of anilines is 3. The van der Waals surface area contributed by atoms with E-state index in [0.717, 1.165) is 60.5 Å². The first-order valence-corrected chi connectivity index (χ1v) is 13.2. The van der Waals surface area contributed by atoms with E-state index in [1.807, 2.05) is 0 Å². The summed E-state index contributed by atoms with van der Waals surface area (Å²) in [5.74, 6) is 1.86. The zero-order valence-corrected chi connectivity index (χ0v) is 22.5. The van der Waals surface area contributed by atoms with Crippen LogP contribution in [0.1, 0.15) is 60.9 Å². The molecule has 178 valence electrons. The molecule has 8 heteroatoms. The van der Waals surface area contributed by atoms with E-state index in [1.54, 1.807) is 0 Å². The van der Waals surface area contributed by atoms with Gasteiger partial charge in [-0.05, 0) is 101 Å². The highest BCUT2D eigenvalue weighted by atomic mass is 79.9. The lowest BCUT2D eigenvalue weighted by atomic mass is 9.91. The maximum absolute atomic E-state index is 5.62. The third-order valence-corrected chi connectivity index (χ3v) is 7.39. The zero-order valence-electron chi connectivity index (χ0n) is 20.1. The van der Waals surface area contributed by atoms with Crippen LogP contribution in [-0.2, 0) is 12.8 Å². The molecule has 0 amide bonds. The Morgan fingerprint density at radius 2 is 1.64 bits per heavy atom. The lowest BCUT2D eigenvalue weighted by Gasteiger charge is -2.31. The Hall–Kier alpha value is -1.93. The van der Waals surface area contributed by atoms with Crippen molar-refractivity contribution < 1.29 is 0 Å². The number of thiocarbonyl (C=S) groups is 1. The fourth-order valence-electron chi connectivity index (χ4n) is 5.02. The number of hydrogen-bond acceptors (Lipinski definition) is 5. The number of benzene rings is 1. The Kier molecular flexibility index (Phi) is 7.74. The molecule has 0 bridgehead atoms. The van der Waals surface area contributed by atoms with Gasteiger partial charge in [-0.15, -0.1) is 0 Å². The lowest BCUT2D eigenvalue weighted by molar-refractivity contribution is 0.387. The number of fused-ring (bicyclic) bond motifs is 1. The first-order valence-electron chi connectivity index (χ1n) is 12.0. The smallest absolute Gasteiger partial charge is 0.225 e. The molecule has 3 N–H and O–H groups in total. The summed E-state index contributed by atoms with van der Waals surface area (Å²) < 4.78 is 1.09. The predicted octanol–water partition coefficient (Wildman–Crippen LogP) is 5.51. The third kappa shape index (κ3) is 5.96. The molecule has 1 fully saturated rings. The van der Waals surface area contributed by atoms with E-state index in [1.165, 1.54) is 35.2 Å². The van der Waals surface area contributed by atoms with Crippen LogP contribution in [0.15, 0.2) is 16.6 Å². The molecular weight excluding hydrogens is 496 g/mol. The second-order valence-corrected chi connectivity index (χ2v) is 10.9. The summed E-state index contributed by atoms with van der Waals surface area (Å²) in [6, 6.07) is 5.01. The van der Waals surface area contributed by atoms with Crippen molar-refractivity contribution in [2.75, 3.05) is 29.6 Å². The minimum Gasteiger partial charge on any atom is -0.362 e. The van der Waals surface area contributed by atoms with Gasteiger partial charge in [0.05, 0.1) is 5.69 Å². The fourth-order valence-corrected chi connectivity index (χ4v) is 5.97. The molecule has 1 saturated carbocycles. The van der Waals surface area contributed by atoms with Gasteiger partial charge >= 0.3 is 0 Å². The Morgan fingerprint density at radius 1 is 1.00 bits per heavy atom. The maximum Gasteiger partial charge on any atom is 0.225 e. The molecule has 2 aromatic rings. The third-order valence-electron chi connectivity index (χ3n) is 6.72. The minimum atomic E-state index is 0.390. The summed E-state index contributed by atoms with van der Waals surface area (Å²) in [6.45, 7) is 4.20. The fraction of sp³-hybridized carbons (Fsp3) is 0.560. The summed E-state index contributed by atoms with van der Waals surface area (Å²) in [5, 5.41) is 11.3. The van der Waals surface area contributed by atoms with Gasteiger partial charge in [-0.1, -0.05) is 15.9 Å². The second-order valence-electron chi connectivity index (χ2n) is 9.60. The molecule has 0 atom stereocenters. The van der Waals surface area contributed by atoms with Crippen LogP contribution in [0, 0.1) is 13.8 Å². The summed E-state index contributed by atoms with van der Waals surface area (Å²) in [5.41, 5.74) is 6.02. The first-order chi connectivity index (χ1) is 15.8. The van der Waals surface area contributed by atoms with Gasteiger partial charge in [0.25, 0.3) is 0 Å². The Balaban J connectivity index is 1.31. The van der Waals surface area contributed by atoms with Gasteiger partial charge in [-0.3, -0.25) is 0 Å². The Labute approximate surface area is 211 Å². The van der Waals surface area contributed by atoms with Gasteiger partial charge in [0.1, 0.15) is 5.82 Å². The first kappa shape index (κ1) is 24.2. The number of nitrogens with zero attached hydrogens (tertiary/aromatic N) is 3. The molecule has 0 aliphatic heterocycles. The number of aryl methyl sites for hydroxylation is 3. The number of nitrogens with one attached hydrogen (secondary N) is 3. The van der Waals surface area contributed by atoms with Crippen LogP contribution in [0.2, 0.25) is 0 Å². The maximum atomic E-state index is 5.62. The molecule has 2 aliphatic carbocycles. The molecule has 33 heavy (non-hydrogen) atoms. The van der Waals surface area contributed by atoms with Crippen molar-refractivity contribution in [2.45, 2.75) is 77.3 Å². The summed E-state index contributed by atoms with van der Waals surface area (Å²) in [4.78, 5) is 11.9. The van der Waals surface area contributed by atoms with Crippen LogP contribution in [0.3, 0.4) is 0 Å². The Bertz CT molecular complexity index is 993. The van der Waals surface area contributed by atoms with E-state index in [2.05, 4.69) is 76.9 Å². The molecule has 1 heterocycles. The molecule has 1 aromatic carbocycles. The largest absolute Gasteiger partial charge is 0.362 e. The lowest BCUT2D eigenvalue weighted by Crippen LogP contribution is -2.42. The average Bonchev–Trinajstić information content (AvgIpc) is 2.77. The van der Waals surface area contributed by atoms with E-state index >= 15 is 0 Å². The summed E-state index contributed by atoms with van der Waals surface area (Å²) in [7, 11) is 4.15. The molecule has 2 aliphatic rings. The van der Waals surface area contributed by atoms with Crippen molar-refractivity contribution in [3.63, 3.8) is 0 Å². The highest BCUT2D eigenvalue weighted by molar-refractivity contribution is 9.10. The SMILES string of the molecule is Cc1cc(Br)cc(C)c1NC(=S)NC1CCC(Nc2nc3c(c(N(C)C)n2)CCCC3)CC1. The second kappa shape index (κ2) is 10.6. The number of hydrogen-bond donors (Lipinski definition) is 3. The number of rotatable bonds is 5. The van der Waals surface area contributed by atoms with E-state index in [4.69, 9.17) is 22.2 Å². The van der Waals surface area contributed by atoms with E-state index < -0.39 is 0 Å². The summed E-state index contributed by atoms with van der Waals surface area (Å²) in [6.07, 6.45) is 8.91. The molecule has 0 spiro atoms. The van der Waals surface area contributed by atoms with E-state index in [-0.39, 0.29) is 0 Å². The van der Waals surface area contributed by atoms with Crippen LogP contribution >= 0.6 is 28.1 Å². The van der Waals surface area contributed by atoms with Crippen LogP contribution in [0.4, 0.5) is 17.5 Å². The highest BCUT2D eigenvalue weighted by Crippen LogP contribution is 2.30. The predicted molar refractivity (Wildman–Crippen MR) is 146 cm³/mol. The zero-order chi connectivity index (χ0) is 23.5. The quantitative estimate of drug-likeness (QED) is 0.440. The van der Waals surface area contributed by atoms with Crippen molar-refractivity contribution in [2.24, 2.45) is 0 Å². The van der Waals surface area contributed by atoms with Crippen LogP contribution in [0.5, 0.6) is 0 Å². The molecule has 0 radical (unpaired) electrons. The van der Waals surface area contributed by atoms with Gasteiger partial charge in [-0.2, -0.15) is 4.98 Å². The van der Waals surface area contributed by atoms with Crippen LogP contribution in [0.25, 0.3) is 0 Å². The molecule has 6 nitrogen and oxygen atoms in total. The van der Waals surface area contributed by atoms with Crippen molar-refractivity contribution in [3.05, 3.63) is 39.0 Å². The minimum absolute atomic E-state index is 0.390. The van der Waals surface area contributed by atoms with Gasteiger partial charge < -0.3 is 20.9 Å². The van der Waals surface area contributed by atoms with Crippen molar-refractivity contribution in [1.29, 1.82) is 0 Å². The van der Waals surface area contributed by atoms with Crippen molar-refractivity contribution in [3.8, 4) is 0 Å². The number of aromatic nitrogens is 2. The Morgan fingerprint density at radius 3 is 2.30 bits per heavy atom. The van der Waals surface area contributed by atoms with E-state index in [9.17, 15) is 0 Å². The van der Waals surface area contributed by atoms with Gasteiger partial charge in [0, 0.05) is 41.9 Å². The molecule has 4 rings (SSSR count). The highest BCUT2D eigenvalue weighted by Gasteiger charge is 2.24. The van der Waals surface area contributed by atoms with Gasteiger partial charge in [0.15, 0.2) is 5.11 Å². The molecule has 0 saturated heterocycles.